The summed E-state index contributed by atoms with van der Waals surface area (Å²) in [6, 6.07) is 0. The van der Waals surface area contributed by atoms with E-state index in [1.165, 1.54) is 4.80 Å². The molecule has 1 aromatic rings. The van der Waals surface area contributed by atoms with Crippen LogP contribution in [0.15, 0.2) is 0 Å². The molecule has 2 rings (SSSR count). The highest BCUT2D eigenvalue weighted by Crippen LogP contribution is 2.42. The van der Waals surface area contributed by atoms with Gasteiger partial charge in [0, 0.05) is 6.61 Å². The number of hydrogen-bond acceptors (Lipinski definition) is 5. The normalized spacial score (nSPS) is 20.8. The first kappa shape index (κ1) is 15.1. The van der Waals surface area contributed by atoms with Crippen molar-refractivity contribution in [2.24, 2.45) is 12.5 Å². The molecule has 0 radical (unpaired) electrons. The summed E-state index contributed by atoms with van der Waals surface area (Å²) >= 11 is 0. The minimum atomic E-state index is -0.649. The van der Waals surface area contributed by atoms with Crippen LogP contribution in [0.1, 0.15) is 52.3 Å². The molecule has 0 aliphatic heterocycles. The van der Waals surface area contributed by atoms with Crippen molar-refractivity contribution in [2.45, 2.75) is 58.5 Å². The smallest absolute Gasteiger partial charge is 0.182 e. The highest BCUT2D eigenvalue weighted by molar-refractivity contribution is 5.88. The van der Waals surface area contributed by atoms with E-state index in [1.54, 1.807) is 7.05 Å². The van der Waals surface area contributed by atoms with Gasteiger partial charge in [-0.15, -0.1) is 10.2 Å². The van der Waals surface area contributed by atoms with Crippen LogP contribution in [0.2, 0.25) is 0 Å². The number of carbonyl (C=O) groups is 1. The summed E-state index contributed by atoms with van der Waals surface area (Å²) in [6.07, 6.45) is 3.79. The number of tetrazole rings is 1. The number of aryl methyl sites for hydroxylation is 1. The summed E-state index contributed by atoms with van der Waals surface area (Å²) in [5.41, 5.74) is -0.352. The Morgan fingerprint density at radius 3 is 2.45 bits per heavy atom. The Morgan fingerprint density at radius 1 is 1.30 bits per heavy atom. The maximum Gasteiger partial charge on any atom is 0.182 e. The number of nitrogens with zero attached hydrogens (tertiary/aromatic N) is 4. The molecule has 0 saturated heterocycles. The Hall–Kier alpha value is -1.30. The second-order valence-corrected chi connectivity index (χ2v) is 6.39. The van der Waals surface area contributed by atoms with Crippen LogP contribution in [0.4, 0.5) is 0 Å². The van der Waals surface area contributed by atoms with Crippen LogP contribution in [-0.4, -0.2) is 38.2 Å². The molecule has 1 aliphatic carbocycles. The van der Waals surface area contributed by atoms with Crippen LogP contribution in [0.5, 0.6) is 0 Å². The van der Waals surface area contributed by atoms with Crippen LogP contribution >= 0.6 is 0 Å². The van der Waals surface area contributed by atoms with Gasteiger partial charge in [-0.3, -0.25) is 4.79 Å². The van der Waals surface area contributed by atoms with Crippen molar-refractivity contribution in [3.05, 3.63) is 5.82 Å². The maximum atomic E-state index is 12.7. The van der Waals surface area contributed by atoms with Crippen molar-refractivity contribution in [3.63, 3.8) is 0 Å². The number of carbonyl (C=O) groups excluding carboxylic acids is 1. The lowest BCUT2D eigenvalue weighted by Gasteiger charge is -2.42. The molecule has 0 unspecified atom stereocenters. The number of hydrogen-bond donors (Lipinski definition) is 0. The summed E-state index contributed by atoms with van der Waals surface area (Å²) in [4.78, 5) is 14.0. The van der Waals surface area contributed by atoms with Crippen LogP contribution in [0, 0.1) is 5.41 Å². The molecule has 0 spiro atoms. The van der Waals surface area contributed by atoms with Gasteiger partial charge in [-0.2, -0.15) is 4.80 Å². The Balaban J connectivity index is 2.10. The Kier molecular flexibility index (Phi) is 4.22. The monoisotopic (exact) mass is 280 g/mol. The standard InChI is InChI=1S/C14H24N4O2/c1-5-20-14(8-6-13(2,3)7-9-14)11(19)10-12-15-17-18(4)16-12/h5-10H2,1-4H3. The molecule has 0 bridgehead atoms. The zero-order valence-electron chi connectivity index (χ0n) is 12.8. The fourth-order valence-corrected chi connectivity index (χ4v) is 2.81. The van der Waals surface area contributed by atoms with Gasteiger partial charge in [0.1, 0.15) is 5.60 Å². The van der Waals surface area contributed by atoms with Crippen molar-refractivity contribution in [3.8, 4) is 0 Å². The number of ether oxygens (including phenoxy) is 1. The second kappa shape index (κ2) is 5.60. The van der Waals surface area contributed by atoms with Gasteiger partial charge >= 0.3 is 0 Å². The molecular weight excluding hydrogens is 256 g/mol. The van der Waals surface area contributed by atoms with Crippen LogP contribution in [0.25, 0.3) is 0 Å². The summed E-state index contributed by atoms with van der Waals surface area (Å²) in [6.45, 7) is 6.99. The van der Waals surface area contributed by atoms with E-state index in [0.717, 1.165) is 25.7 Å². The minimum absolute atomic E-state index is 0.0860. The molecule has 0 atom stereocenters. The summed E-state index contributed by atoms with van der Waals surface area (Å²) in [5, 5.41) is 11.7. The number of Topliss-reactive ketones (excluding diaryl/α,β-unsaturated/α-hetero) is 1. The highest BCUT2D eigenvalue weighted by Gasteiger charge is 2.44. The first-order valence-corrected chi connectivity index (χ1v) is 7.27. The number of aromatic nitrogens is 4. The lowest BCUT2D eigenvalue weighted by molar-refractivity contribution is -0.151. The Bertz CT molecular complexity index is 471. The van der Waals surface area contributed by atoms with Crippen LogP contribution in [-0.2, 0) is 23.0 Å². The molecule has 1 fully saturated rings. The van der Waals surface area contributed by atoms with Gasteiger partial charge in [0.25, 0.3) is 0 Å². The number of ketones is 1. The molecule has 0 N–H and O–H groups in total. The van der Waals surface area contributed by atoms with Gasteiger partial charge in [0.05, 0.1) is 13.5 Å². The average Bonchev–Trinajstić information content (AvgIpc) is 2.78. The highest BCUT2D eigenvalue weighted by atomic mass is 16.5. The quantitative estimate of drug-likeness (QED) is 0.821. The summed E-state index contributed by atoms with van der Waals surface area (Å²) < 4.78 is 5.87. The fraction of sp³-hybridized carbons (Fsp3) is 0.857. The molecule has 1 heterocycles. The molecule has 6 nitrogen and oxygen atoms in total. The van der Waals surface area contributed by atoms with Crippen LogP contribution in [0.3, 0.4) is 0 Å². The molecule has 112 valence electrons. The van der Waals surface area contributed by atoms with E-state index in [2.05, 4.69) is 29.3 Å². The minimum Gasteiger partial charge on any atom is -0.367 e. The van der Waals surface area contributed by atoms with Crippen molar-refractivity contribution < 1.29 is 9.53 Å². The van der Waals surface area contributed by atoms with Gasteiger partial charge in [0.2, 0.25) is 0 Å². The van der Waals surface area contributed by atoms with Gasteiger partial charge in [-0.25, -0.2) is 0 Å². The van der Waals surface area contributed by atoms with Crippen molar-refractivity contribution in [1.29, 1.82) is 0 Å². The summed E-state index contributed by atoms with van der Waals surface area (Å²) in [5.74, 6) is 0.560. The predicted molar refractivity (Wildman–Crippen MR) is 74.1 cm³/mol. The topological polar surface area (TPSA) is 69.9 Å². The van der Waals surface area contributed by atoms with Gasteiger partial charge < -0.3 is 4.74 Å². The average molecular weight is 280 g/mol. The Morgan fingerprint density at radius 2 is 1.95 bits per heavy atom. The van der Waals surface area contributed by atoms with Crippen molar-refractivity contribution >= 4 is 5.78 Å². The molecular formula is C14H24N4O2. The Labute approximate surface area is 119 Å². The molecule has 6 heteroatoms. The summed E-state index contributed by atoms with van der Waals surface area (Å²) in [7, 11) is 1.70. The SMILES string of the molecule is CCOC1(C(=O)Cc2nnn(C)n2)CCC(C)(C)CC1. The van der Waals surface area contributed by atoms with E-state index < -0.39 is 5.60 Å². The van der Waals surface area contributed by atoms with Gasteiger partial charge in [-0.05, 0) is 43.2 Å². The zero-order valence-corrected chi connectivity index (χ0v) is 12.8. The van der Waals surface area contributed by atoms with E-state index in [0.29, 0.717) is 17.8 Å². The van der Waals surface area contributed by atoms with Crippen molar-refractivity contribution in [1.82, 2.24) is 20.2 Å². The maximum absolute atomic E-state index is 12.7. The predicted octanol–water partition coefficient (Wildman–Crippen LogP) is 1.70. The first-order chi connectivity index (χ1) is 9.37. The molecule has 0 amide bonds. The third-order valence-electron chi connectivity index (χ3n) is 4.21. The van der Waals surface area contributed by atoms with Crippen molar-refractivity contribution in [2.75, 3.05) is 6.61 Å². The van der Waals surface area contributed by atoms with Gasteiger partial charge in [0.15, 0.2) is 11.6 Å². The van der Waals surface area contributed by atoms with E-state index in [9.17, 15) is 4.79 Å². The third-order valence-corrected chi connectivity index (χ3v) is 4.21. The molecule has 0 aromatic carbocycles. The van der Waals surface area contributed by atoms with E-state index in [4.69, 9.17) is 4.74 Å². The number of rotatable bonds is 5. The molecule has 1 saturated carbocycles. The second-order valence-electron chi connectivity index (χ2n) is 6.39. The molecule has 20 heavy (non-hydrogen) atoms. The van der Waals surface area contributed by atoms with E-state index in [1.807, 2.05) is 6.92 Å². The van der Waals surface area contributed by atoms with E-state index >= 15 is 0 Å². The molecule has 1 aliphatic rings. The lowest BCUT2D eigenvalue weighted by Crippen LogP contribution is -2.47. The lowest BCUT2D eigenvalue weighted by atomic mass is 9.69. The van der Waals surface area contributed by atoms with Crippen LogP contribution < -0.4 is 0 Å². The zero-order chi connectivity index (χ0) is 14.8. The van der Waals surface area contributed by atoms with Gasteiger partial charge in [-0.1, -0.05) is 13.8 Å². The fourth-order valence-electron chi connectivity index (χ4n) is 2.81. The molecule has 1 aromatic heterocycles. The first-order valence-electron chi connectivity index (χ1n) is 7.27. The third kappa shape index (κ3) is 3.23. The van der Waals surface area contributed by atoms with E-state index in [-0.39, 0.29) is 12.2 Å². The largest absolute Gasteiger partial charge is 0.367 e.